The highest BCUT2D eigenvalue weighted by atomic mass is 32.1. The number of hydrazine groups is 1. The number of piperazine rings is 1. The number of rotatable bonds is 3. The van der Waals surface area contributed by atoms with E-state index in [1.165, 1.54) is 11.3 Å². The van der Waals surface area contributed by atoms with Crippen molar-refractivity contribution in [3.05, 3.63) is 21.4 Å². The fourth-order valence-electron chi connectivity index (χ4n) is 2.04. The molecule has 1 atom stereocenters. The first-order chi connectivity index (χ1) is 9.42. The first-order valence-corrected chi connectivity index (χ1v) is 6.92. The zero-order chi connectivity index (χ0) is 14.9. The van der Waals surface area contributed by atoms with Gasteiger partial charge in [0.1, 0.15) is 0 Å². The normalized spacial score (nSPS) is 19.9. The molecule has 2 heterocycles. The average molecular weight is 296 g/mol. The smallest absolute Gasteiger partial charge is 0.275 e. The summed E-state index contributed by atoms with van der Waals surface area (Å²) in [4.78, 5) is 37.8. The summed E-state index contributed by atoms with van der Waals surface area (Å²) in [5.41, 5.74) is 3.01. The van der Waals surface area contributed by atoms with Crippen LogP contribution >= 0.6 is 11.3 Å². The van der Waals surface area contributed by atoms with Gasteiger partial charge >= 0.3 is 0 Å². The van der Waals surface area contributed by atoms with E-state index in [1.54, 1.807) is 17.9 Å². The minimum absolute atomic E-state index is 0.167. The monoisotopic (exact) mass is 296 g/mol. The Morgan fingerprint density at radius 3 is 2.95 bits per heavy atom. The van der Waals surface area contributed by atoms with Crippen LogP contribution in [-0.2, 0) is 16.1 Å². The second-order valence-electron chi connectivity index (χ2n) is 4.66. The Hall–Kier alpha value is -1.77. The highest BCUT2D eigenvalue weighted by molar-refractivity contribution is 7.14. The number of hydrogen-bond acceptors (Lipinski definition) is 6. The highest BCUT2D eigenvalue weighted by Gasteiger charge is 2.30. The molecule has 0 saturated carbocycles. The fraction of sp³-hybridized carbons (Fsp3) is 0.417. The van der Waals surface area contributed by atoms with Crippen molar-refractivity contribution in [2.45, 2.75) is 26.4 Å². The SMILES string of the molecule is Cc1sc(C(=O)NN)cc1CN1CC(=O)NC(=O)C1C. The molecule has 0 radical (unpaired) electrons. The zero-order valence-electron chi connectivity index (χ0n) is 11.2. The van der Waals surface area contributed by atoms with Gasteiger partial charge in [0.15, 0.2) is 0 Å². The van der Waals surface area contributed by atoms with E-state index < -0.39 is 0 Å². The van der Waals surface area contributed by atoms with Gasteiger partial charge in [0.25, 0.3) is 5.91 Å². The lowest BCUT2D eigenvalue weighted by atomic mass is 10.1. The first kappa shape index (κ1) is 14.6. The number of amides is 3. The van der Waals surface area contributed by atoms with Crippen molar-refractivity contribution in [1.29, 1.82) is 0 Å². The standard InChI is InChI=1S/C12H16N4O3S/c1-6-11(18)14-10(17)5-16(6)4-8-3-9(12(19)15-13)20-7(8)2/h3,6H,4-5,13H2,1-2H3,(H,15,19)(H,14,17,18). The number of hydrogen-bond donors (Lipinski definition) is 3. The van der Waals surface area contributed by atoms with E-state index in [2.05, 4.69) is 10.7 Å². The van der Waals surface area contributed by atoms with Crippen LogP contribution < -0.4 is 16.6 Å². The average Bonchev–Trinajstić information content (AvgIpc) is 2.76. The van der Waals surface area contributed by atoms with Crippen LogP contribution in [-0.4, -0.2) is 35.2 Å². The molecule has 8 heteroatoms. The molecule has 0 spiro atoms. The third-order valence-corrected chi connectivity index (χ3v) is 4.38. The highest BCUT2D eigenvalue weighted by Crippen LogP contribution is 2.24. The van der Waals surface area contributed by atoms with E-state index in [1.807, 2.05) is 6.92 Å². The van der Waals surface area contributed by atoms with Crippen LogP contribution in [0.15, 0.2) is 6.07 Å². The molecule has 0 aliphatic carbocycles. The van der Waals surface area contributed by atoms with Gasteiger partial charge in [-0.05, 0) is 25.5 Å². The minimum atomic E-state index is -0.376. The number of imide groups is 1. The molecule has 1 aromatic rings. The molecule has 0 aromatic carbocycles. The molecule has 20 heavy (non-hydrogen) atoms. The van der Waals surface area contributed by atoms with Crippen LogP contribution in [0.5, 0.6) is 0 Å². The van der Waals surface area contributed by atoms with Gasteiger partial charge in [-0.1, -0.05) is 0 Å². The summed E-state index contributed by atoms with van der Waals surface area (Å²) in [6.07, 6.45) is 0. The van der Waals surface area contributed by atoms with E-state index in [4.69, 9.17) is 5.84 Å². The Kier molecular flexibility index (Phi) is 4.17. The summed E-state index contributed by atoms with van der Waals surface area (Å²) in [5.74, 6) is 4.16. The Morgan fingerprint density at radius 1 is 1.60 bits per heavy atom. The van der Waals surface area contributed by atoms with E-state index in [-0.39, 0.29) is 30.3 Å². The molecule has 108 valence electrons. The van der Waals surface area contributed by atoms with Crippen LogP contribution in [0, 0.1) is 6.92 Å². The van der Waals surface area contributed by atoms with Crippen molar-refractivity contribution in [3.8, 4) is 0 Å². The lowest BCUT2D eigenvalue weighted by Crippen LogP contribution is -2.56. The van der Waals surface area contributed by atoms with Crippen molar-refractivity contribution in [2.24, 2.45) is 5.84 Å². The maximum Gasteiger partial charge on any atom is 0.275 e. The van der Waals surface area contributed by atoms with Crippen molar-refractivity contribution >= 4 is 29.1 Å². The molecule has 1 aliphatic heterocycles. The molecule has 1 fully saturated rings. The van der Waals surface area contributed by atoms with Gasteiger partial charge in [-0.25, -0.2) is 5.84 Å². The van der Waals surface area contributed by atoms with Crippen LogP contribution in [0.1, 0.15) is 27.0 Å². The number of nitrogen functional groups attached to an aromatic ring is 1. The molecule has 1 aliphatic rings. The predicted octanol–water partition coefficient (Wildman–Crippen LogP) is -0.493. The Labute approximate surface area is 120 Å². The molecule has 2 rings (SSSR count). The lowest BCUT2D eigenvalue weighted by molar-refractivity contribution is -0.139. The number of nitrogens with one attached hydrogen (secondary N) is 2. The molecule has 4 N–H and O–H groups in total. The maximum atomic E-state index is 11.6. The molecule has 1 aromatic heterocycles. The minimum Gasteiger partial charge on any atom is -0.294 e. The molecule has 1 unspecified atom stereocenters. The summed E-state index contributed by atoms with van der Waals surface area (Å²) in [7, 11) is 0. The van der Waals surface area contributed by atoms with Crippen molar-refractivity contribution in [2.75, 3.05) is 6.54 Å². The summed E-state index contributed by atoms with van der Waals surface area (Å²) < 4.78 is 0. The van der Waals surface area contributed by atoms with Crippen LogP contribution in [0.4, 0.5) is 0 Å². The van der Waals surface area contributed by atoms with Crippen molar-refractivity contribution < 1.29 is 14.4 Å². The molecular formula is C12H16N4O3S. The van der Waals surface area contributed by atoms with E-state index in [0.717, 1.165) is 10.4 Å². The number of nitrogens with zero attached hydrogens (tertiary/aromatic N) is 1. The van der Waals surface area contributed by atoms with E-state index >= 15 is 0 Å². The van der Waals surface area contributed by atoms with E-state index in [9.17, 15) is 14.4 Å². The van der Waals surface area contributed by atoms with Crippen molar-refractivity contribution in [1.82, 2.24) is 15.6 Å². The third kappa shape index (κ3) is 2.87. The molecular weight excluding hydrogens is 280 g/mol. The Balaban J connectivity index is 2.17. The number of carbonyl (C=O) groups excluding carboxylic acids is 3. The van der Waals surface area contributed by atoms with Crippen LogP contribution in [0.25, 0.3) is 0 Å². The van der Waals surface area contributed by atoms with Gasteiger partial charge in [0, 0.05) is 11.4 Å². The molecule has 0 bridgehead atoms. The summed E-state index contributed by atoms with van der Waals surface area (Å²) in [6, 6.07) is 1.37. The Morgan fingerprint density at radius 2 is 2.30 bits per heavy atom. The number of aryl methyl sites for hydroxylation is 1. The van der Waals surface area contributed by atoms with Gasteiger partial charge in [0.2, 0.25) is 11.8 Å². The van der Waals surface area contributed by atoms with Crippen LogP contribution in [0.2, 0.25) is 0 Å². The second-order valence-corrected chi connectivity index (χ2v) is 5.92. The van der Waals surface area contributed by atoms with Crippen molar-refractivity contribution in [3.63, 3.8) is 0 Å². The number of carbonyl (C=O) groups is 3. The maximum absolute atomic E-state index is 11.6. The quantitative estimate of drug-likeness (QED) is 0.302. The number of thiophene rings is 1. The zero-order valence-corrected chi connectivity index (χ0v) is 12.0. The van der Waals surface area contributed by atoms with E-state index in [0.29, 0.717) is 11.4 Å². The predicted molar refractivity (Wildman–Crippen MR) is 73.7 cm³/mol. The summed E-state index contributed by atoms with van der Waals surface area (Å²) >= 11 is 1.33. The fourth-order valence-corrected chi connectivity index (χ4v) is 2.98. The van der Waals surface area contributed by atoms with Gasteiger partial charge in [-0.2, -0.15) is 0 Å². The molecule has 7 nitrogen and oxygen atoms in total. The lowest BCUT2D eigenvalue weighted by Gasteiger charge is -2.31. The Bertz CT molecular complexity index is 569. The van der Waals surface area contributed by atoms with Crippen LogP contribution in [0.3, 0.4) is 0 Å². The molecule has 3 amide bonds. The second kappa shape index (κ2) is 5.70. The van der Waals surface area contributed by atoms with Gasteiger partial charge < -0.3 is 0 Å². The number of nitrogens with two attached hydrogens (primary N) is 1. The van der Waals surface area contributed by atoms with Gasteiger partial charge in [0.05, 0.1) is 17.5 Å². The van der Waals surface area contributed by atoms with Gasteiger partial charge in [-0.15, -0.1) is 11.3 Å². The first-order valence-electron chi connectivity index (χ1n) is 6.10. The summed E-state index contributed by atoms with van der Waals surface area (Å²) in [6.45, 7) is 4.25. The largest absolute Gasteiger partial charge is 0.294 e. The molecule has 1 saturated heterocycles. The van der Waals surface area contributed by atoms with Gasteiger partial charge in [-0.3, -0.25) is 30.0 Å². The summed E-state index contributed by atoms with van der Waals surface area (Å²) in [5, 5.41) is 2.29. The topological polar surface area (TPSA) is 105 Å². The third-order valence-electron chi connectivity index (χ3n) is 3.29.